The maximum atomic E-state index is 12.3. The normalized spacial score (nSPS) is 20.4. The molecule has 0 radical (unpaired) electrons. The van der Waals surface area contributed by atoms with E-state index in [9.17, 15) is 14.7 Å². The fourth-order valence-corrected chi connectivity index (χ4v) is 4.16. The molecule has 32 heavy (non-hydrogen) atoms. The first-order chi connectivity index (χ1) is 15.3. The van der Waals surface area contributed by atoms with Crippen molar-refractivity contribution in [3.63, 3.8) is 0 Å². The first-order valence-corrected chi connectivity index (χ1v) is 11.3. The smallest absolute Gasteiger partial charge is 0.319 e. The number of benzene rings is 2. The summed E-state index contributed by atoms with van der Waals surface area (Å²) in [7, 11) is 0. The van der Waals surface area contributed by atoms with Gasteiger partial charge in [0.25, 0.3) is 5.91 Å². The van der Waals surface area contributed by atoms with Gasteiger partial charge in [0.15, 0.2) is 0 Å². The van der Waals surface area contributed by atoms with Gasteiger partial charge in [0.05, 0.1) is 18.8 Å². The summed E-state index contributed by atoms with van der Waals surface area (Å²) >= 11 is 17.7. The van der Waals surface area contributed by atoms with Crippen molar-refractivity contribution in [1.29, 1.82) is 0 Å². The number of urea groups is 1. The molecule has 3 amide bonds. The van der Waals surface area contributed by atoms with E-state index in [0.717, 1.165) is 0 Å². The Labute approximate surface area is 201 Å². The van der Waals surface area contributed by atoms with Crippen molar-refractivity contribution in [2.75, 3.05) is 18.5 Å². The second kappa shape index (κ2) is 11.7. The average molecular weight is 501 g/mol. The number of aliphatic hydroxyl groups excluding tert-OH is 1. The van der Waals surface area contributed by atoms with Crippen LogP contribution in [0.25, 0.3) is 0 Å². The zero-order valence-corrected chi connectivity index (χ0v) is 19.4. The number of amides is 3. The number of carbonyl (C=O) groups excluding carboxylic acids is 2. The van der Waals surface area contributed by atoms with Crippen molar-refractivity contribution in [3.05, 3.63) is 63.1 Å². The lowest BCUT2D eigenvalue weighted by atomic mass is 9.97. The van der Waals surface area contributed by atoms with Gasteiger partial charge in [-0.2, -0.15) is 0 Å². The van der Waals surface area contributed by atoms with E-state index in [-0.39, 0.29) is 30.7 Å². The van der Waals surface area contributed by atoms with Gasteiger partial charge in [-0.25, -0.2) is 4.79 Å². The lowest BCUT2D eigenvalue weighted by Crippen LogP contribution is -2.52. The van der Waals surface area contributed by atoms with Gasteiger partial charge in [-0.05, 0) is 61.7 Å². The van der Waals surface area contributed by atoms with E-state index in [1.165, 1.54) is 0 Å². The maximum absolute atomic E-state index is 12.3. The van der Waals surface area contributed by atoms with Gasteiger partial charge in [-0.1, -0.05) is 34.8 Å². The quantitative estimate of drug-likeness (QED) is 0.450. The fourth-order valence-electron chi connectivity index (χ4n) is 3.51. The van der Waals surface area contributed by atoms with Gasteiger partial charge in [0.1, 0.15) is 6.10 Å². The Bertz CT molecular complexity index is 922. The Morgan fingerprint density at radius 2 is 1.69 bits per heavy atom. The number of carbonyl (C=O) groups is 2. The number of halogens is 3. The van der Waals surface area contributed by atoms with E-state index in [0.29, 0.717) is 52.1 Å². The van der Waals surface area contributed by atoms with Crippen molar-refractivity contribution in [1.82, 2.24) is 10.6 Å². The molecule has 0 aliphatic carbocycles. The molecule has 4 N–H and O–H groups in total. The van der Waals surface area contributed by atoms with Crippen molar-refractivity contribution < 1.29 is 19.4 Å². The molecule has 7 nitrogen and oxygen atoms in total. The zero-order valence-electron chi connectivity index (χ0n) is 17.1. The molecule has 2 aromatic rings. The molecular weight excluding hydrogens is 477 g/mol. The summed E-state index contributed by atoms with van der Waals surface area (Å²) in [6.45, 7) is 0.163. The van der Waals surface area contributed by atoms with Crippen LogP contribution >= 0.6 is 34.8 Å². The van der Waals surface area contributed by atoms with E-state index < -0.39 is 6.10 Å². The average Bonchev–Trinajstić information content (AvgIpc) is 2.75. The second-order valence-corrected chi connectivity index (χ2v) is 8.78. The Hall–Kier alpha value is -2.03. The van der Waals surface area contributed by atoms with Crippen molar-refractivity contribution in [2.45, 2.75) is 37.5 Å². The van der Waals surface area contributed by atoms with Crippen molar-refractivity contribution in [2.24, 2.45) is 0 Å². The largest absolute Gasteiger partial charge is 0.394 e. The number of hydrogen-bond acceptors (Lipinski definition) is 4. The van der Waals surface area contributed by atoms with Crippen LogP contribution in [0.15, 0.2) is 42.5 Å². The number of rotatable bonds is 7. The molecular formula is C22H24Cl3N3O4. The van der Waals surface area contributed by atoms with E-state index >= 15 is 0 Å². The molecule has 0 spiro atoms. The number of aliphatic hydroxyl groups is 1. The van der Waals surface area contributed by atoms with Crippen molar-refractivity contribution in [3.8, 4) is 0 Å². The summed E-state index contributed by atoms with van der Waals surface area (Å²) in [4.78, 5) is 24.6. The van der Waals surface area contributed by atoms with Crippen LogP contribution < -0.4 is 16.0 Å². The predicted molar refractivity (Wildman–Crippen MR) is 126 cm³/mol. The maximum Gasteiger partial charge on any atom is 0.319 e. The van der Waals surface area contributed by atoms with E-state index in [1.807, 2.05) is 0 Å². The Morgan fingerprint density at radius 3 is 2.34 bits per heavy atom. The van der Waals surface area contributed by atoms with Gasteiger partial charge in [-0.3, -0.25) is 4.79 Å². The Balaban J connectivity index is 1.44. The summed E-state index contributed by atoms with van der Waals surface area (Å²) in [6.07, 6.45) is 1.21. The highest BCUT2D eigenvalue weighted by molar-refractivity contribution is 6.35. The van der Waals surface area contributed by atoms with Gasteiger partial charge >= 0.3 is 6.03 Å². The first-order valence-electron chi connectivity index (χ1n) is 10.2. The zero-order chi connectivity index (χ0) is 23.1. The van der Waals surface area contributed by atoms with Gasteiger partial charge in [0.2, 0.25) is 0 Å². The minimum atomic E-state index is -0.535. The lowest BCUT2D eigenvalue weighted by Gasteiger charge is -2.36. The summed E-state index contributed by atoms with van der Waals surface area (Å²) in [5, 5.41) is 19.5. The van der Waals surface area contributed by atoms with E-state index in [2.05, 4.69) is 16.0 Å². The molecule has 1 saturated heterocycles. The SMILES string of the molecule is O=C(Nc1ccc(Cl)cc1)N[C@@H]1CC[C@H](CCNC(=O)c2cc(Cl)cc(Cl)c2)O[C@@H]1CO. The van der Waals surface area contributed by atoms with Gasteiger partial charge in [-0.15, -0.1) is 0 Å². The van der Waals surface area contributed by atoms with Crippen LogP contribution in [0.3, 0.4) is 0 Å². The van der Waals surface area contributed by atoms with Gasteiger partial charge in [0, 0.05) is 32.9 Å². The monoisotopic (exact) mass is 499 g/mol. The molecule has 1 aliphatic rings. The van der Waals surface area contributed by atoms with Crippen LogP contribution in [-0.2, 0) is 4.74 Å². The number of anilines is 1. The molecule has 1 aliphatic heterocycles. The molecule has 3 atom stereocenters. The lowest BCUT2D eigenvalue weighted by molar-refractivity contribution is -0.0886. The molecule has 0 unspecified atom stereocenters. The van der Waals surface area contributed by atoms with Crippen LogP contribution in [0.5, 0.6) is 0 Å². The molecule has 0 bridgehead atoms. The van der Waals surface area contributed by atoms with Crippen LogP contribution in [0.4, 0.5) is 10.5 Å². The highest BCUT2D eigenvalue weighted by Crippen LogP contribution is 2.23. The summed E-state index contributed by atoms with van der Waals surface area (Å²) in [5.41, 5.74) is 0.995. The third-order valence-electron chi connectivity index (χ3n) is 5.09. The van der Waals surface area contributed by atoms with Crippen LogP contribution in [0, 0.1) is 0 Å². The molecule has 0 saturated carbocycles. The van der Waals surface area contributed by atoms with E-state index in [4.69, 9.17) is 39.5 Å². The summed E-state index contributed by atoms with van der Waals surface area (Å²) in [5.74, 6) is -0.276. The van der Waals surface area contributed by atoms with Gasteiger partial charge < -0.3 is 25.8 Å². The van der Waals surface area contributed by atoms with Crippen LogP contribution in [-0.4, -0.2) is 48.4 Å². The minimum absolute atomic E-state index is 0.146. The topological polar surface area (TPSA) is 99.7 Å². The fraction of sp³-hybridized carbons (Fsp3) is 0.364. The van der Waals surface area contributed by atoms with Crippen LogP contribution in [0.2, 0.25) is 15.1 Å². The number of nitrogens with one attached hydrogen (secondary N) is 3. The molecule has 3 rings (SSSR count). The highest BCUT2D eigenvalue weighted by atomic mass is 35.5. The minimum Gasteiger partial charge on any atom is -0.394 e. The third-order valence-corrected chi connectivity index (χ3v) is 5.78. The van der Waals surface area contributed by atoms with E-state index in [1.54, 1.807) is 42.5 Å². The number of hydrogen-bond donors (Lipinski definition) is 4. The highest BCUT2D eigenvalue weighted by Gasteiger charge is 2.31. The molecule has 1 fully saturated rings. The second-order valence-electron chi connectivity index (χ2n) is 7.47. The summed E-state index contributed by atoms with van der Waals surface area (Å²) in [6, 6.07) is 10.7. The van der Waals surface area contributed by atoms with Crippen LogP contribution in [0.1, 0.15) is 29.6 Å². The first kappa shape index (κ1) is 24.6. The molecule has 2 aromatic carbocycles. The Kier molecular flexibility index (Phi) is 9.02. The standard InChI is InChI=1S/C22H24Cl3N3O4/c23-14-1-3-17(4-2-14)27-22(31)28-19-6-5-18(32-20(19)12-29)7-8-26-21(30)13-9-15(24)11-16(25)10-13/h1-4,9-11,18-20,29H,5-8,12H2,(H,26,30)(H2,27,28,31)/t18-,19-,20-/m1/s1. The molecule has 0 aromatic heterocycles. The molecule has 10 heteroatoms. The Morgan fingerprint density at radius 1 is 1.00 bits per heavy atom. The van der Waals surface area contributed by atoms with Crippen molar-refractivity contribution >= 4 is 52.4 Å². The third kappa shape index (κ3) is 7.25. The summed E-state index contributed by atoms with van der Waals surface area (Å²) < 4.78 is 5.94. The number of ether oxygens (including phenoxy) is 1. The molecule has 1 heterocycles. The predicted octanol–water partition coefficient (Wildman–Crippen LogP) is 4.50. The molecule has 172 valence electrons.